The van der Waals surface area contributed by atoms with E-state index in [1.54, 1.807) is 0 Å². The molecule has 1 N–H and O–H groups in total. The van der Waals surface area contributed by atoms with Crippen molar-refractivity contribution < 1.29 is 4.42 Å². The van der Waals surface area contributed by atoms with Crippen LogP contribution in [0.3, 0.4) is 0 Å². The molecule has 3 rings (SSSR count). The Bertz CT molecular complexity index is 737. The van der Waals surface area contributed by atoms with E-state index >= 15 is 0 Å². The lowest BCUT2D eigenvalue weighted by Gasteiger charge is -2.05. The van der Waals surface area contributed by atoms with Crippen LogP contribution >= 0.6 is 15.9 Å². The van der Waals surface area contributed by atoms with Crippen molar-refractivity contribution in [1.82, 2.24) is 10.2 Å². The fourth-order valence-corrected chi connectivity index (χ4v) is 2.34. The number of benzene rings is 2. The van der Waals surface area contributed by atoms with E-state index in [4.69, 9.17) is 4.42 Å². The van der Waals surface area contributed by atoms with Crippen molar-refractivity contribution >= 4 is 21.6 Å². The number of para-hydroxylation sites is 1. The molecule has 0 amide bonds. The van der Waals surface area contributed by atoms with Gasteiger partial charge in [0.25, 0.3) is 0 Å². The van der Waals surface area contributed by atoms with Crippen molar-refractivity contribution in [2.45, 2.75) is 13.5 Å². The van der Waals surface area contributed by atoms with Crippen molar-refractivity contribution in [3.8, 4) is 11.5 Å². The maximum absolute atomic E-state index is 5.67. The summed E-state index contributed by atoms with van der Waals surface area (Å²) in [5.74, 6) is 1.10. The van der Waals surface area contributed by atoms with Crippen LogP contribution in [0.2, 0.25) is 0 Å². The van der Waals surface area contributed by atoms with Crippen LogP contribution in [-0.4, -0.2) is 10.2 Å². The summed E-state index contributed by atoms with van der Waals surface area (Å²) in [5.41, 5.74) is 3.13. The molecule has 0 saturated carbocycles. The van der Waals surface area contributed by atoms with Crippen molar-refractivity contribution in [1.29, 1.82) is 0 Å². The van der Waals surface area contributed by atoms with Gasteiger partial charge in [0, 0.05) is 15.7 Å². The molecule has 106 valence electrons. The zero-order valence-corrected chi connectivity index (χ0v) is 13.1. The molecule has 0 fully saturated rings. The van der Waals surface area contributed by atoms with Gasteiger partial charge in [0.1, 0.15) is 0 Å². The number of rotatable bonds is 4. The van der Waals surface area contributed by atoms with Gasteiger partial charge in [-0.3, -0.25) is 0 Å². The number of nitrogens with one attached hydrogen (secondary N) is 1. The summed E-state index contributed by atoms with van der Waals surface area (Å²) in [6.07, 6.45) is 0. The zero-order chi connectivity index (χ0) is 14.7. The quantitative estimate of drug-likeness (QED) is 0.761. The number of anilines is 1. The van der Waals surface area contributed by atoms with Gasteiger partial charge in [-0.1, -0.05) is 29.8 Å². The molecule has 4 nitrogen and oxygen atoms in total. The predicted molar refractivity (Wildman–Crippen MR) is 85.9 cm³/mol. The molecule has 0 bridgehead atoms. The lowest BCUT2D eigenvalue weighted by molar-refractivity contribution is 0.515. The molecule has 0 aliphatic carbocycles. The molecule has 21 heavy (non-hydrogen) atoms. The van der Waals surface area contributed by atoms with Crippen LogP contribution in [0, 0.1) is 6.92 Å². The van der Waals surface area contributed by atoms with Crippen molar-refractivity contribution in [3.05, 3.63) is 64.5 Å². The molecule has 0 aliphatic rings. The van der Waals surface area contributed by atoms with E-state index in [-0.39, 0.29) is 0 Å². The highest BCUT2D eigenvalue weighted by atomic mass is 79.9. The minimum absolute atomic E-state index is 0.488. The Hall–Kier alpha value is -2.14. The Morgan fingerprint density at radius 3 is 2.57 bits per heavy atom. The van der Waals surface area contributed by atoms with E-state index in [9.17, 15) is 0 Å². The smallest absolute Gasteiger partial charge is 0.247 e. The monoisotopic (exact) mass is 343 g/mol. The third-order valence-corrected chi connectivity index (χ3v) is 3.76. The minimum Gasteiger partial charge on any atom is -0.419 e. The Labute approximate surface area is 131 Å². The highest BCUT2D eigenvalue weighted by Crippen LogP contribution is 2.22. The van der Waals surface area contributed by atoms with Gasteiger partial charge < -0.3 is 9.73 Å². The number of nitrogens with zero attached hydrogens (tertiary/aromatic N) is 2. The molecule has 0 spiro atoms. The molecule has 0 radical (unpaired) electrons. The maximum Gasteiger partial charge on any atom is 0.247 e. The summed E-state index contributed by atoms with van der Waals surface area (Å²) in [5, 5.41) is 11.4. The van der Waals surface area contributed by atoms with Crippen molar-refractivity contribution in [2.75, 3.05) is 5.32 Å². The maximum atomic E-state index is 5.67. The molecule has 2 aromatic carbocycles. The van der Waals surface area contributed by atoms with Crippen LogP contribution < -0.4 is 5.32 Å². The lowest BCUT2D eigenvalue weighted by Crippen LogP contribution is -2.00. The Balaban J connectivity index is 1.71. The fourth-order valence-electron chi connectivity index (χ4n) is 1.91. The fraction of sp³-hybridized carbons (Fsp3) is 0.125. The summed E-state index contributed by atoms with van der Waals surface area (Å²) < 4.78 is 6.67. The van der Waals surface area contributed by atoms with Crippen LogP contribution in [0.1, 0.15) is 11.5 Å². The van der Waals surface area contributed by atoms with E-state index in [2.05, 4.69) is 31.4 Å². The van der Waals surface area contributed by atoms with Crippen LogP contribution in [0.15, 0.2) is 57.4 Å². The summed E-state index contributed by atoms with van der Waals surface area (Å²) >= 11 is 3.49. The first-order valence-electron chi connectivity index (χ1n) is 6.60. The number of aromatic nitrogens is 2. The molecular formula is C16H14BrN3O. The van der Waals surface area contributed by atoms with Gasteiger partial charge in [0.2, 0.25) is 11.8 Å². The molecule has 0 unspecified atom stereocenters. The summed E-state index contributed by atoms with van der Waals surface area (Å²) in [4.78, 5) is 0. The van der Waals surface area contributed by atoms with Gasteiger partial charge in [-0.25, -0.2) is 0 Å². The third-order valence-electron chi connectivity index (χ3n) is 3.07. The first-order chi connectivity index (χ1) is 10.2. The normalized spacial score (nSPS) is 10.6. The van der Waals surface area contributed by atoms with Crippen LogP contribution in [0.25, 0.3) is 11.5 Å². The second kappa shape index (κ2) is 6.10. The van der Waals surface area contributed by atoms with Crippen LogP contribution in [0.4, 0.5) is 5.69 Å². The Kier molecular flexibility index (Phi) is 4.01. The molecule has 0 atom stereocenters. The number of hydrogen-bond acceptors (Lipinski definition) is 4. The Morgan fingerprint density at radius 1 is 1.05 bits per heavy atom. The van der Waals surface area contributed by atoms with E-state index in [0.29, 0.717) is 18.3 Å². The lowest BCUT2D eigenvalue weighted by atomic mass is 10.1. The molecular weight excluding hydrogens is 330 g/mol. The van der Waals surface area contributed by atoms with E-state index in [0.717, 1.165) is 15.7 Å². The number of halogens is 1. The summed E-state index contributed by atoms with van der Waals surface area (Å²) in [6.45, 7) is 2.53. The standard InChI is InChI=1S/C16H14BrN3O/c1-11-6-8-12(9-7-11)16-20-19-15(21-16)10-18-14-5-3-2-4-13(14)17/h2-9,18H,10H2,1H3. The topological polar surface area (TPSA) is 51.0 Å². The SMILES string of the molecule is Cc1ccc(-c2nnc(CNc3ccccc3Br)o2)cc1. The first kappa shape index (κ1) is 13.8. The summed E-state index contributed by atoms with van der Waals surface area (Å²) in [7, 11) is 0. The van der Waals surface area contributed by atoms with Crippen LogP contribution in [-0.2, 0) is 6.54 Å². The van der Waals surface area contributed by atoms with Gasteiger partial charge in [-0.05, 0) is 47.1 Å². The second-order valence-corrected chi connectivity index (χ2v) is 5.55. The average molecular weight is 344 g/mol. The largest absolute Gasteiger partial charge is 0.419 e. The Morgan fingerprint density at radius 2 is 1.81 bits per heavy atom. The minimum atomic E-state index is 0.488. The van der Waals surface area contributed by atoms with Gasteiger partial charge in [-0.2, -0.15) is 0 Å². The number of hydrogen-bond donors (Lipinski definition) is 1. The van der Waals surface area contributed by atoms with Crippen molar-refractivity contribution in [2.24, 2.45) is 0 Å². The van der Waals surface area contributed by atoms with Gasteiger partial charge >= 0.3 is 0 Å². The van der Waals surface area contributed by atoms with Crippen LogP contribution in [0.5, 0.6) is 0 Å². The van der Waals surface area contributed by atoms with Gasteiger partial charge in [0.15, 0.2) is 0 Å². The highest BCUT2D eigenvalue weighted by Gasteiger charge is 2.08. The van der Waals surface area contributed by atoms with Gasteiger partial charge in [-0.15, -0.1) is 10.2 Å². The van der Waals surface area contributed by atoms with Gasteiger partial charge in [0.05, 0.1) is 6.54 Å². The molecule has 1 aromatic heterocycles. The molecule has 0 saturated heterocycles. The highest BCUT2D eigenvalue weighted by molar-refractivity contribution is 9.10. The number of aryl methyl sites for hydroxylation is 1. The average Bonchev–Trinajstić information content (AvgIpc) is 2.96. The summed E-state index contributed by atoms with van der Waals surface area (Å²) in [6, 6.07) is 15.9. The van der Waals surface area contributed by atoms with E-state index in [1.165, 1.54) is 5.56 Å². The van der Waals surface area contributed by atoms with Crippen molar-refractivity contribution in [3.63, 3.8) is 0 Å². The van der Waals surface area contributed by atoms with E-state index in [1.807, 2.05) is 55.5 Å². The zero-order valence-electron chi connectivity index (χ0n) is 11.5. The predicted octanol–water partition coefficient (Wildman–Crippen LogP) is 4.42. The van der Waals surface area contributed by atoms with E-state index < -0.39 is 0 Å². The molecule has 5 heteroatoms. The molecule has 0 aliphatic heterocycles. The second-order valence-electron chi connectivity index (χ2n) is 4.70. The third kappa shape index (κ3) is 3.31. The molecule has 1 heterocycles. The first-order valence-corrected chi connectivity index (χ1v) is 7.39. The molecule has 3 aromatic rings.